The fourth-order valence-corrected chi connectivity index (χ4v) is 2.28. The summed E-state index contributed by atoms with van der Waals surface area (Å²) < 4.78 is 5.26. The molecule has 2 aromatic heterocycles. The highest BCUT2D eigenvalue weighted by Gasteiger charge is 2.16. The Balaban J connectivity index is 2.52. The van der Waals surface area contributed by atoms with Crippen LogP contribution in [0.5, 0.6) is 0 Å². The van der Waals surface area contributed by atoms with Gasteiger partial charge in [-0.25, -0.2) is 4.79 Å². The molecule has 0 radical (unpaired) electrons. The number of nitrogen functional groups attached to an aromatic ring is 1. The lowest BCUT2D eigenvalue weighted by Crippen LogP contribution is -1.96. The molecule has 0 amide bonds. The summed E-state index contributed by atoms with van der Waals surface area (Å²) >= 11 is 1.12. The first-order chi connectivity index (χ1) is 7.09. The fourth-order valence-electron chi connectivity index (χ4n) is 1.31. The van der Waals surface area contributed by atoms with E-state index in [-0.39, 0.29) is 10.6 Å². The lowest BCUT2D eigenvalue weighted by atomic mass is 10.2. The van der Waals surface area contributed by atoms with E-state index in [1.165, 1.54) is 0 Å². The van der Waals surface area contributed by atoms with Crippen molar-refractivity contribution in [1.29, 1.82) is 0 Å². The zero-order chi connectivity index (χ0) is 11.0. The lowest BCUT2D eigenvalue weighted by Gasteiger charge is -1.91. The van der Waals surface area contributed by atoms with E-state index in [4.69, 9.17) is 15.3 Å². The number of anilines is 1. The minimum Gasteiger partial charge on any atom is -0.477 e. The molecule has 0 aliphatic carbocycles. The van der Waals surface area contributed by atoms with E-state index in [2.05, 4.69) is 0 Å². The molecule has 3 N–H and O–H groups in total. The Hall–Kier alpha value is -1.75. The predicted molar refractivity (Wildman–Crippen MR) is 58.1 cm³/mol. The minimum absolute atomic E-state index is 0.154. The molecule has 0 unspecified atom stereocenters. The van der Waals surface area contributed by atoms with Crippen LogP contribution >= 0.6 is 11.3 Å². The van der Waals surface area contributed by atoms with Crippen LogP contribution in [0.2, 0.25) is 0 Å². The van der Waals surface area contributed by atoms with E-state index in [0.29, 0.717) is 5.76 Å². The van der Waals surface area contributed by atoms with Gasteiger partial charge in [-0.2, -0.15) is 0 Å². The molecule has 0 aromatic carbocycles. The average Bonchev–Trinajstić information content (AvgIpc) is 2.71. The smallest absolute Gasteiger partial charge is 0.348 e. The number of hydrogen-bond acceptors (Lipinski definition) is 4. The van der Waals surface area contributed by atoms with Gasteiger partial charge in [0.1, 0.15) is 10.6 Å². The first-order valence-electron chi connectivity index (χ1n) is 4.26. The number of carboxylic acid groups (broad SMARTS) is 1. The number of aryl methyl sites for hydroxylation is 1. The second-order valence-corrected chi connectivity index (χ2v) is 4.19. The van der Waals surface area contributed by atoms with E-state index in [0.717, 1.165) is 21.8 Å². The van der Waals surface area contributed by atoms with Gasteiger partial charge in [-0.05, 0) is 24.6 Å². The van der Waals surface area contributed by atoms with E-state index < -0.39 is 5.97 Å². The van der Waals surface area contributed by atoms with Crippen LogP contribution in [-0.2, 0) is 0 Å². The van der Waals surface area contributed by atoms with Crippen LogP contribution in [0.25, 0.3) is 10.6 Å². The van der Waals surface area contributed by atoms with E-state index in [1.54, 1.807) is 12.3 Å². The Morgan fingerprint density at radius 1 is 1.60 bits per heavy atom. The molecule has 0 aliphatic rings. The lowest BCUT2D eigenvalue weighted by molar-refractivity contribution is 0.0703. The summed E-state index contributed by atoms with van der Waals surface area (Å²) in [4.78, 5) is 11.7. The van der Waals surface area contributed by atoms with Crippen LogP contribution in [0.15, 0.2) is 22.8 Å². The molecule has 78 valence electrons. The zero-order valence-corrected chi connectivity index (χ0v) is 8.80. The number of thiophene rings is 1. The predicted octanol–water partition coefficient (Wildman–Crippen LogP) is 2.60. The van der Waals surface area contributed by atoms with Crippen molar-refractivity contribution in [2.75, 3.05) is 5.73 Å². The molecule has 0 saturated heterocycles. The first kappa shape index (κ1) is 9.79. The SMILES string of the molecule is Cc1ccoc1-c1cc(N)c(C(=O)O)s1. The van der Waals surface area contributed by atoms with Crippen molar-refractivity contribution in [2.24, 2.45) is 0 Å². The van der Waals surface area contributed by atoms with Crippen molar-refractivity contribution < 1.29 is 14.3 Å². The maximum atomic E-state index is 10.8. The van der Waals surface area contributed by atoms with Crippen LogP contribution < -0.4 is 5.73 Å². The topological polar surface area (TPSA) is 76.5 Å². The highest BCUT2D eigenvalue weighted by molar-refractivity contribution is 7.17. The van der Waals surface area contributed by atoms with Crippen molar-refractivity contribution in [3.8, 4) is 10.6 Å². The van der Waals surface area contributed by atoms with Crippen molar-refractivity contribution >= 4 is 23.0 Å². The normalized spacial score (nSPS) is 10.5. The largest absolute Gasteiger partial charge is 0.477 e. The van der Waals surface area contributed by atoms with Crippen LogP contribution in [0.1, 0.15) is 15.2 Å². The molecule has 0 bridgehead atoms. The third kappa shape index (κ3) is 1.61. The number of carbonyl (C=O) groups is 1. The highest BCUT2D eigenvalue weighted by Crippen LogP contribution is 2.35. The third-order valence-electron chi connectivity index (χ3n) is 2.04. The monoisotopic (exact) mass is 223 g/mol. The highest BCUT2D eigenvalue weighted by atomic mass is 32.1. The summed E-state index contributed by atoms with van der Waals surface area (Å²) in [6.07, 6.45) is 1.57. The maximum Gasteiger partial charge on any atom is 0.348 e. The summed E-state index contributed by atoms with van der Waals surface area (Å²) in [6, 6.07) is 3.45. The number of carboxylic acids is 1. The van der Waals surface area contributed by atoms with Gasteiger partial charge < -0.3 is 15.3 Å². The Labute approximate surface area is 89.9 Å². The Kier molecular flexibility index (Phi) is 2.24. The number of rotatable bonds is 2. The van der Waals surface area contributed by atoms with Crippen molar-refractivity contribution in [2.45, 2.75) is 6.92 Å². The Morgan fingerprint density at radius 3 is 2.80 bits per heavy atom. The molecule has 0 saturated carbocycles. The second kappa shape index (κ2) is 3.43. The second-order valence-electron chi connectivity index (χ2n) is 3.13. The molecular formula is C10H9NO3S. The maximum absolute atomic E-state index is 10.8. The van der Waals surface area contributed by atoms with Gasteiger partial charge in [0.2, 0.25) is 0 Å². The molecule has 4 nitrogen and oxygen atoms in total. The Bertz CT molecular complexity index is 512. The molecular weight excluding hydrogens is 214 g/mol. The average molecular weight is 223 g/mol. The van der Waals surface area contributed by atoms with Crippen LogP contribution in [0, 0.1) is 6.92 Å². The van der Waals surface area contributed by atoms with Gasteiger partial charge in [-0.3, -0.25) is 0 Å². The van der Waals surface area contributed by atoms with Crippen molar-refractivity contribution in [3.05, 3.63) is 28.8 Å². The summed E-state index contributed by atoms with van der Waals surface area (Å²) in [7, 11) is 0. The van der Waals surface area contributed by atoms with Crippen molar-refractivity contribution in [1.82, 2.24) is 0 Å². The summed E-state index contributed by atoms with van der Waals surface area (Å²) in [5, 5.41) is 8.85. The number of aromatic carboxylic acids is 1. The fraction of sp³-hybridized carbons (Fsp3) is 0.100. The number of furan rings is 1. The quantitative estimate of drug-likeness (QED) is 0.820. The van der Waals surface area contributed by atoms with Crippen LogP contribution in [0.3, 0.4) is 0 Å². The Morgan fingerprint density at radius 2 is 2.33 bits per heavy atom. The molecule has 2 rings (SSSR count). The minimum atomic E-state index is -1.01. The molecule has 0 aliphatic heterocycles. The summed E-state index contributed by atoms with van der Waals surface area (Å²) in [6.45, 7) is 1.90. The van der Waals surface area contributed by atoms with Gasteiger partial charge in [0, 0.05) is 0 Å². The van der Waals surface area contributed by atoms with Gasteiger partial charge in [0.15, 0.2) is 0 Å². The van der Waals surface area contributed by atoms with Crippen LogP contribution in [0.4, 0.5) is 5.69 Å². The van der Waals surface area contributed by atoms with Crippen LogP contribution in [-0.4, -0.2) is 11.1 Å². The molecule has 15 heavy (non-hydrogen) atoms. The van der Waals surface area contributed by atoms with E-state index in [9.17, 15) is 4.79 Å². The van der Waals surface area contributed by atoms with E-state index in [1.807, 2.05) is 13.0 Å². The molecule has 2 heterocycles. The molecule has 0 spiro atoms. The molecule has 2 aromatic rings. The van der Waals surface area contributed by atoms with Gasteiger partial charge in [0.25, 0.3) is 0 Å². The molecule has 0 atom stereocenters. The molecule has 0 fully saturated rings. The van der Waals surface area contributed by atoms with E-state index >= 15 is 0 Å². The third-order valence-corrected chi connectivity index (χ3v) is 3.18. The summed E-state index contributed by atoms with van der Waals surface area (Å²) in [5.74, 6) is -0.327. The standard InChI is InChI=1S/C10H9NO3S/c1-5-2-3-14-8(5)7-4-6(11)9(15-7)10(12)13/h2-4H,11H2,1H3,(H,12,13). The zero-order valence-electron chi connectivity index (χ0n) is 7.98. The number of hydrogen-bond donors (Lipinski definition) is 2. The van der Waals surface area contributed by atoms with Gasteiger partial charge >= 0.3 is 5.97 Å². The summed E-state index contributed by atoms with van der Waals surface area (Å²) in [5.41, 5.74) is 6.83. The first-order valence-corrected chi connectivity index (χ1v) is 5.08. The van der Waals surface area contributed by atoms with Gasteiger partial charge in [-0.15, -0.1) is 11.3 Å². The van der Waals surface area contributed by atoms with Gasteiger partial charge in [0.05, 0.1) is 16.8 Å². The number of nitrogens with two attached hydrogens (primary N) is 1. The molecule has 5 heteroatoms. The van der Waals surface area contributed by atoms with Crippen molar-refractivity contribution in [3.63, 3.8) is 0 Å². The van der Waals surface area contributed by atoms with Gasteiger partial charge in [-0.1, -0.05) is 0 Å².